The number of benzene rings is 3. The van der Waals surface area contributed by atoms with Crippen LogP contribution in [-0.2, 0) is 13.0 Å². The van der Waals surface area contributed by atoms with Crippen molar-refractivity contribution in [2.24, 2.45) is 0 Å². The van der Waals surface area contributed by atoms with Crippen molar-refractivity contribution < 1.29 is 23.5 Å². The number of aryl methyl sites for hydroxylation is 2. The van der Waals surface area contributed by atoms with Gasteiger partial charge in [0, 0.05) is 50.4 Å². The summed E-state index contributed by atoms with van der Waals surface area (Å²) in [5.41, 5.74) is 5.21. The molecule has 43 heavy (non-hydrogen) atoms. The summed E-state index contributed by atoms with van der Waals surface area (Å²) < 4.78 is 16.4. The Morgan fingerprint density at radius 3 is 2.21 bits per heavy atom. The molecule has 4 aromatic rings. The molecule has 3 aromatic carbocycles. The van der Waals surface area contributed by atoms with Crippen LogP contribution in [0.1, 0.15) is 44.7 Å². The third-order valence-corrected chi connectivity index (χ3v) is 7.72. The van der Waals surface area contributed by atoms with E-state index in [1.807, 2.05) is 25.1 Å². The highest BCUT2D eigenvalue weighted by Crippen LogP contribution is 2.31. The Balaban J connectivity index is 1.35. The third-order valence-electron chi connectivity index (χ3n) is 7.72. The van der Waals surface area contributed by atoms with E-state index in [1.54, 1.807) is 44.6 Å². The minimum absolute atomic E-state index is 0.232. The van der Waals surface area contributed by atoms with Crippen LogP contribution in [0.2, 0.25) is 0 Å². The molecular formula is C34H38N4O5. The highest BCUT2D eigenvalue weighted by atomic mass is 16.5. The van der Waals surface area contributed by atoms with Crippen LogP contribution >= 0.6 is 0 Å². The first-order valence-electron chi connectivity index (χ1n) is 14.5. The Hall–Kier alpha value is -4.92. The molecule has 0 unspecified atom stereocenters. The van der Waals surface area contributed by atoms with Crippen molar-refractivity contribution in [3.05, 3.63) is 101 Å². The molecule has 224 valence electrons. The minimum atomic E-state index is -0.359. The molecule has 1 saturated heterocycles. The number of furan rings is 1. The molecule has 9 nitrogen and oxygen atoms in total. The maximum atomic E-state index is 13.2. The molecule has 2 N–H and O–H groups in total. The van der Waals surface area contributed by atoms with E-state index in [2.05, 4.69) is 51.6 Å². The van der Waals surface area contributed by atoms with Crippen LogP contribution < -0.4 is 29.9 Å². The molecule has 2 amide bonds. The molecule has 0 aliphatic carbocycles. The summed E-state index contributed by atoms with van der Waals surface area (Å²) in [6.45, 7) is 7.61. The number of carbonyl (C=O) groups is 2. The molecule has 0 bridgehead atoms. The van der Waals surface area contributed by atoms with Gasteiger partial charge in [0.15, 0.2) is 17.3 Å². The maximum absolute atomic E-state index is 13.2. The van der Waals surface area contributed by atoms with Crippen molar-refractivity contribution in [3.63, 3.8) is 0 Å². The van der Waals surface area contributed by atoms with Gasteiger partial charge in [-0.2, -0.15) is 0 Å². The van der Waals surface area contributed by atoms with Gasteiger partial charge in [0.05, 0.1) is 25.6 Å². The lowest BCUT2D eigenvalue weighted by Crippen LogP contribution is -2.47. The van der Waals surface area contributed by atoms with Crippen LogP contribution in [0.4, 0.5) is 17.1 Å². The fourth-order valence-corrected chi connectivity index (χ4v) is 5.31. The van der Waals surface area contributed by atoms with E-state index in [9.17, 15) is 9.59 Å². The number of hydrogen-bond acceptors (Lipinski definition) is 7. The molecule has 9 heteroatoms. The summed E-state index contributed by atoms with van der Waals surface area (Å²) in [6.07, 6.45) is 0.694. The predicted molar refractivity (Wildman–Crippen MR) is 169 cm³/mol. The first kappa shape index (κ1) is 29.6. The molecule has 0 radical (unpaired) electrons. The lowest BCUT2D eigenvalue weighted by Gasteiger charge is -2.38. The predicted octanol–water partition coefficient (Wildman–Crippen LogP) is 5.68. The van der Waals surface area contributed by atoms with Gasteiger partial charge in [-0.1, -0.05) is 31.2 Å². The van der Waals surface area contributed by atoms with Gasteiger partial charge in [0.1, 0.15) is 5.76 Å². The van der Waals surface area contributed by atoms with E-state index in [-0.39, 0.29) is 17.6 Å². The first-order valence-corrected chi connectivity index (χ1v) is 14.5. The third kappa shape index (κ3) is 6.77. The summed E-state index contributed by atoms with van der Waals surface area (Å²) in [7, 11) is 3.16. The Kier molecular flexibility index (Phi) is 9.20. The number of piperazine rings is 1. The van der Waals surface area contributed by atoms with Crippen LogP contribution in [0.25, 0.3) is 0 Å². The topological polar surface area (TPSA) is 96.3 Å². The number of rotatable bonds is 10. The second-order valence-electron chi connectivity index (χ2n) is 10.4. The molecule has 1 aliphatic rings. The zero-order chi connectivity index (χ0) is 30.3. The second kappa shape index (κ2) is 13.4. The van der Waals surface area contributed by atoms with Crippen molar-refractivity contribution in [2.75, 3.05) is 55.5 Å². The fourth-order valence-electron chi connectivity index (χ4n) is 5.31. The molecule has 1 fully saturated rings. The standard InChI is InChI=1S/C34H38N4O5/c1-5-26-12-15-31(43-26)34(40)36-27-21-25(33(39)35-22-24-10-14-30(41-3)32(20-24)42-4)11-13-29(27)38-18-16-37(17-19-38)28-9-7-6-8-23(28)2/h6-15,20-21H,5,16-19,22H2,1-4H3,(H,35,39)(H,36,40). The molecule has 1 aliphatic heterocycles. The van der Waals surface area contributed by atoms with E-state index >= 15 is 0 Å². The van der Waals surface area contributed by atoms with Crippen LogP contribution in [0, 0.1) is 6.92 Å². The van der Waals surface area contributed by atoms with Crippen molar-refractivity contribution in [3.8, 4) is 11.5 Å². The molecule has 0 spiro atoms. The highest BCUT2D eigenvalue weighted by Gasteiger charge is 2.23. The number of hydrogen-bond donors (Lipinski definition) is 2. The summed E-state index contributed by atoms with van der Waals surface area (Å²) in [5.74, 6) is 1.57. The minimum Gasteiger partial charge on any atom is -0.493 e. The first-order chi connectivity index (χ1) is 20.9. The Bertz CT molecular complexity index is 1590. The van der Waals surface area contributed by atoms with Gasteiger partial charge in [-0.15, -0.1) is 0 Å². The fraction of sp³-hybridized carbons (Fsp3) is 0.294. The largest absolute Gasteiger partial charge is 0.493 e. The Morgan fingerprint density at radius 2 is 1.53 bits per heavy atom. The summed E-state index contributed by atoms with van der Waals surface area (Å²) in [4.78, 5) is 31.1. The summed E-state index contributed by atoms with van der Waals surface area (Å²) >= 11 is 0. The quantitative estimate of drug-likeness (QED) is 0.249. The number of nitrogens with one attached hydrogen (secondary N) is 2. The van der Waals surface area contributed by atoms with Gasteiger partial charge in [-0.05, 0) is 66.6 Å². The van der Waals surface area contributed by atoms with Gasteiger partial charge in [0.2, 0.25) is 0 Å². The average molecular weight is 583 g/mol. The van der Waals surface area contributed by atoms with Gasteiger partial charge >= 0.3 is 0 Å². The Morgan fingerprint density at radius 1 is 0.814 bits per heavy atom. The van der Waals surface area contributed by atoms with Gasteiger partial charge in [-0.3, -0.25) is 9.59 Å². The lowest BCUT2D eigenvalue weighted by molar-refractivity contribution is 0.0949. The average Bonchev–Trinajstić information content (AvgIpc) is 3.54. The molecule has 5 rings (SSSR count). The maximum Gasteiger partial charge on any atom is 0.291 e. The van der Waals surface area contributed by atoms with Crippen molar-refractivity contribution >= 4 is 28.9 Å². The monoisotopic (exact) mass is 582 g/mol. The number of nitrogens with zero attached hydrogens (tertiary/aromatic N) is 2. The van der Waals surface area contributed by atoms with Crippen molar-refractivity contribution in [1.82, 2.24) is 5.32 Å². The smallest absolute Gasteiger partial charge is 0.291 e. The molecule has 0 saturated carbocycles. The normalized spacial score (nSPS) is 13.0. The number of ether oxygens (including phenoxy) is 2. The zero-order valence-electron chi connectivity index (χ0n) is 25.1. The number of carbonyl (C=O) groups excluding carboxylic acids is 2. The number of amides is 2. The number of para-hydroxylation sites is 1. The highest BCUT2D eigenvalue weighted by molar-refractivity contribution is 6.05. The Labute approximate surface area is 252 Å². The van der Waals surface area contributed by atoms with Crippen LogP contribution in [-0.4, -0.2) is 52.2 Å². The van der Waals surface area contributed by atoms with E-state index in [0.29, 0.717) is 35.7 Å². The van der Waals surface area contributed by atoms with Crippen molar-refractivity contribution in [1.29, 1.82) is 0 Å². The van der Waals surface area contributed by atoms with Crippen molar-refractivity contribution in [2.45, 2.75) is 26.8 Å². The SMILES string of the molecule is CCc1ccc(C(=O)Nc2cc(C(=O)NCc3ccc(OC)c(OC)c3)ccc2N2CCN(c3ccccc3C)CC2)o1. The van der Waals surface area contributed by atoms with E-state index in [1.165, 1.54) is 11.3 Å². The van der Waals surface area contributed by atoms with E-state index in [4.69, 9.17) is 13.9 Å². The second-order valence-corrected chi connectivity index (χ2v) is 10.4. The van der Waals surface area contributed by atoms with Crippen LogP contribution in [0.15, 0.2) is 77.2 Å². The van der Waals surface area contributed by atoms with E-state index in [0.717, 1.165) is 43.2 Å². The summed E-state index contributed by atoms with van der Waals surface area (Å²) in [5, 5.41) is 5.98. The molecular weight excluding hydrogens is 544 g/mol. The summed E-state index contributed by atoms with van der Waals surface area (Å²) in [6, 6.07) is 22.8. The van der Waals surface area contributed by atoms with Gasteiger partial charge in [0.25, 0.3) is 11.8 Å². The van der Waals surface area contributed by atoms with E-state index < -0.39 is 0 Å². The van der Waals surface area contributed by atoms with Gasteiger partial charge in [-0.25, -0.2) is 0 Å². The number of anilines is 3. The number of methoxy groups -OCH3 is 2. The molecule has 1 aromatic heterocycles. The zero-order valence-corrected chi connectivity index (χ0v) is 25.1. The molecule has 2 heterocycles. The van der Waals surface area contributed by atoms with Crippen LogP contribution in [0.3, 0.4) is 0 Å². The van der Waals surface area contributed by atoms with Gasteiger partial charge < -0.3 is 34.3 Å². The lowest BCUT2D eigenvalue weighted by atomic mass is 10.1. The van der Waals surface area contributed by atoms with Crippen LogP contribution in [0.5, 0.6) is 11.5 Å². The molecule has 0 atom stereocenters.